The summed E-state index contributed by atoms with van der Waals surface area (Å²) < 4.78 is 0. The minimum Gasteiger partial charge on any atom is -0.383 e. The highest BCUT2D eigenvalue weighted by Gasteiger charge is 2.15. The minimum absolute atomic E-state index is 0.229. The van der Waals surface area contributed by atoms with Crippen LogP contribution < -0.4 is 11.1 Å². The Kier molecular flexibility index (Phi) is 7.47. The lowest BCUT2D eigenvalue weighted by atomic mass is 10.1. The smallest absolute Gasteiger partial charge is 0.128 e. The molecule has 1 aromatic heterocycles. The minimum atomic E-state index is 0.229. The van der Waals surface area contributed by atoms with Gasteiger partial charge >= 0.3 is 0 Å². The van der Waals surface area contributed by atoms with Crippen molar-refractivity contribution in [3.63, 3.8) is 0 Å². The highest BCUT2D eigenvalue weighted by atomic mass is 35.5. The van der Waals surface area contributed by atoms with Crippen molar-refractivity contribution >= 4 is 29.2 Å². The van der Waals surface area contributed by atoms with Gasteiger partial charge in [-0.05, 0) is 31.2 Å². The van der Waals surface area contributed by atoms with E-state index in [1.807, 2.05) is 17.8 Å². The topological polar surface area (TPSA) is 50.9 Å². The van der Waals surface area contributed by atoms with Crippen molar-refractivity contribution in [3.05, 3.63) is 22.8 Å². The zero-order chi connectivity index (χ0) is 13.4. The molecule has 3 N–H and O–H groups in total. The molecule has 0 amide bonds. The fraction of sp³-hybridized carbons (Fsp3) is 0.615. The molecule has 1 unspecified atom stereocenters. The lowest BCUT2D eigenvalue weighted by Crippen LogP contribution is -2.25. The first-order valence-corrected chi connectivity index (χ1v) is 7.94. The average molecular weight is 288 g/mol. The van der Waals surface area contributed by atoms with Crippen LogP contribution in [0.25, 0.3) is 0 Å². The zero-order valence-corrected chi connectivity index (χ0v) is 12.7. The number of hydrogen-bond donors (Lipinski definition) is 2. The van der Waals surface area contributed by atoms with E-state index in [1.165, 1.54) is 6.42 Å². The van der Waals surface area contributed by atoms with E-state index in [-0.39, 0.29) is 6.04 Å². The molecule has 0 aliphatic heterocycles. The van der Waals surface area contributed by atoms with Gasteiger partial charge in [-0.1, -0.05) is 25.4 Å². The molecule has 102 valence electrons. The normalized spacial score (nSPS) is 12.6. The summed E-state index contributed by atoms with van der Waals surface area (Å²) in [4.78, 5) is 4.13. The number of hydrogen-bond acceptors (Lipinski definition) is 4. The molecule has 1 atom stereocenters. The first kappa shape index (κ1) is 15.6. The Morgan fingerprint density at radius 3 is 2.89 bits per heavy atom. The maximum atomic E-state index is 6.00. The number of nitrogens with one attached hydrogen (secondary N) is 1. The second kappa shape index (κ2) is 8.62. The summed E-state index contributed by atoms with van der Waals surface area (Å²) in [5, 5.41) is 4.15. The molecule has 3 nitrogen and oxygen atoms in total. The summed E-state index contributed by atoms with van der Waals surface area (Å²) >= 11 is 7.94. The molecular weight excluding hydrogens is 266 g/mol. The lowest BCUT2D eigenvalue weighted by molar-refractivity contribution is 0.577. The molecule has 0 aliphatic carbocycles. The van der Waals surface area contributed by atoms with Crippen LogP contribution in [0.1, 0.15) is 38.3 Å². The van der Waals surface area contributed by atoms with Crippen LogP contribution in [0, 0.1) is 0 Å². The predicted octanol–water partition coefficient (Wildman–Crippen LogP) is 3.50. The van der Waals surface area contributed by atoms with Crippen molar-refractivity contribution in [2.45, 2.75) is 32.7 Å². The number of anilines is 1. The van der Waals surface area contributed by atoms with E-state index in [0.717, 1.165) is 30.0 Å². The molecule has 0 fully saturated rings. The maximum absolute atomic E-state index is 6.00. The molecular formula is C13H22ClN3S. The van der Waals surface area contributed by atoms with Crippen LogP contribution in [0.4, 0.5) is 5.82 Å². The number of nitrogens with zero attached hydrogens (tertiary/aromatic N) is 1. The van der Waals surface area contributed by atoms with E-state index >= 15 is 0 Å². The van der Waals surface area contributed by atoms with E-state index in [9.17, 15) is 0 Å². The van der Waals surface area contributed by atoms with Crippen LogP contribution in [-0.2, 0) is 0 Å². The fourth-order valence-electron chi connectivity index (χ4n) is 1.67. The van der Waals surface area contributed by atoms with E-state index in [1.54, 1.807) is 6.20 Å². The largest absolute Gasteiger partial charge is 0.383 e. The summed E-state index contributed by atoms with van der Waals surface area (Å²) in [5.41, 5.74) is 6.96. The van der Waals surface area contributed by atoms with Crippen LogP contribution in [0.15, 0.2) is 12.3 Å². The van der Waals surface area contributed by atoms with Crippen molar-refractivity contribution in [1.82, 2.24) is 10.3 Å². The second-order valence-electron chi connectivity index (χ2n) is 4.21. The van der Waals surface area contributed by atoms with Crippen LogP contribution in [0.3, 0.4) is 0 Å². The third-order valence-corrected chi connectivity index (χ3v) is 4.04. The number of nitrogen functional groups attached to an aromatic ring is 1. The van der Waals surface area contributed by atoms with E-state index in [4.69, 9.17) is 17.3 Å². The number of halogens is 1. The van der Waals surface area contributed by atoms with Gasteiger partial charge in [0.25, 0.3) is 0 Å². The van der Waals surface area contributed by atoms with Crippen molar-refractivity contribution in [2.75, 3.05) is 23.8 Å². The van der Waals surface area contributed by atoms with Crippen molar-refractivity contribution in [3.8, 4) is 0 Å². The molecule has 0 saturated heterocycles. The van der Waals surface area contributed by atoms with Crippen molar-refractivity contribution in [1.29, 1.82) is 0 Å². The Morgan fingerprint density at radius 2 is 2.22 bits per heavy atom. The Labute approximate surface area is 119 Å². The third-order valence-electron chi connectivity index (χ3n) is 2.57. The first-order chi connectivity index (χ1) is 8.69. The van der Waals surface area contributed by atoms with E-state index in [2.05, 4.69) is 24.1 Å². The molecule has 0 spiro atoms. The molecule has 18 heavy (non-hydrogen) atoms. The highest BCUT2D eigenvalue weighted by molar-refractivity contribution is 7.99. The quantitative estimate of drug-likeness (QED) is 0.719. The van der Waals surface area contributed by atoms with Gasteiger partial charge in [0, 0.05) is 23.6 Å². The Balaban J connectivity index is 2.75. The monoisotopic (exact) mass is 287 g/mol. The average Bonchev–Trinajstić information content (AvgIpc) is 2.37. The Hall–Kier alpha value is -0.450. The van der Waals surface area contributed by atoms with Crippen LogP contribution >= 0.6 is 23.4 Å². The Bertz CT molecular complexity index is 360. The van der Waals surface area contributed by atoms with Gasteiger partial charge in [0.1, 0.15) is 5.82 Å². The third kappa shape index (κ3) is 5.04. The number of rotatable bonds is 8. The Morgan fingerprint density at radius 1 is 1.44 bits per heavy atom. The summed E-state index contributed by atoms with van der Waals surface area (Å²) in [6.07, 6.45) is 3.88. The predicted molar refractivity (Wildman–Crippen MR) is 82.3 cm³/mol. The van der Waals surface area contributed by atoms with Gasteiger partial charge in [0.2, 0.25) is 0 Å². The van der Waals surface area contributed by atoms with Gasteiger partial charge in [-0.15, -0.1) is 0 Å². The van der Waals surface area contributed by atoms with Gasteiger partial charge < -0.3 is 11.1 Å². The molecule has 1 rings (SSSR count). The molecule has 5 heteroatoms. The van der Waals surface area contributed by atoms with Crippen LogP contribution in [-0.4, -0.2) is 23.0 Å². The van der Waals surface area contributed by atoms with Gasteiger partial charge in [0.15, 0.2) is 0 Å². The number of aromatic nitrogens is 1. The first-order valence-electron chi connectivity index (χ1n) is 6.41. The molecule has 0 radical (unpaired) electrons. The summed E-state index contributed by atoms with van der Waals surface area (Å²) in [6, 6.07) is 2.15. The van der Waals surface area contributed by atoms with Crippen molar-refractivity contribution < 1.29 is 0 Å². The van der Waals surface area contributed by atoms with Gasteiger partial charge in [0.05, 0.1) is 5.02 Å². The fourth-order valence-corrected chi connectivity index (χ4v) is 2.82. The second-order valence-corrected chi connectivity index (χ2v) is 5.80. The standard InChI is InChI=1S/C13H22ClN3S/c1-3-5-16-12(9-18-6-4-2)11-7-10(14)8-17-13(11)15/h7-8,12,16H,3-6,9H2,1-2H3,(H2,15,17). The molecule has 1 heterocycles. The summed E-state index contributed by atoms with van der Waals surface area (Å²) in [6.45, 7) is 5.32. The molecule has 0 bridgehead atoms. The SMILES string of the molecule is CCCNC(CSCCC)c1cc(Cl)cnc1N. The maximum Gasteiger partial charge on any atom is 0.128 e. The lowest BCUT2D eigenvalue weighted by Gasteiger charge is -2.20. The van der Waals surface area contributed by atoms with Gasteiger partial charge in [-0.25, -0.2) is 4.98 Å². The van der Waals surface area contributed by atoms with Crippen LogP contribution in [0.2, 0.25) is 5.02 Å². The molecule has 0 aliphatic rings. The van der Waals surface area contributed by atoms with Gasteiger partial charge in [-0.2, -0.15) is 11.8 Å². The molecule has 1 aromatic rings. The number of thioether (sulfide) groups is 1. The molecule has 0 saturated carbocycles. The van der Waals surface area contributed by atoms with Crippen LogP contribution in [0.5, 0.6) is 0 Å². The summed E-state index contributed by atoms with van der Waals surface area (Å²) in [7, 11) is 0. The van der Waals surface area contributed by atoms with E-state index < -0.39 is 0 Å². The van der Waals surface area contributed by atoms with E-state index in [0.29, 0.717) is 10.8 Å². The molecule has 0 aromatic carbocycles. The summed E-state index contributed by atoms with van der Waals surface area (Å²) in [5.74, 6) is 2.74. The zero-order valence-electron chi connectivity index (χ0n) is 11.1. The highest BCUT2D eigenvalue weighted by Crippen LogP contribution is 2.25. The van der Waals surface area contributed by atoms with Crippen molar-refractivity contribution in [2.24, 2.45) is 0 Å². The number of pyridine rings is 1. The van der Waals surface area contributed by atoms with Gasteiger partial charge in [-0.3, -0.25) is 0 Å². The number of nitrogens with two attached hydrogens (primary N) is 1.